The topological polar surface area (TPSA) is 9.72 Å². The van der Waals surface area contributed by atoms with Crippen molar-refractivity contribution < 1.29 is 0 Å². The van der Waals surface area contributed by atoms with Gasteiger partial charge >= 0.3 is 0 Å². The Bertz CT molecular complexity index is 214. The van der Waals surface area contributed by atoms with E-state index in [-0.39, 0.29) is 0 Å². The van der Waals surface area contributed by atoms with Crippen LogP contribution in [-0.4, -0.2) is 74.6 Å². The third kappa shape index (κ3) is 3.94. The molecule has 1 saturated carbocycles. The van der Waals surface area contributed by atoms with Crippen LogP contribution in [0.25, 0.3) is 0 Å². The Morgan fingerprint density at radius 3 is 2.06 bits per heavy atom. The fourth-order valence-electron chi connectivity index (χ4n) is 3.24. The second-order valence-electron chi connectivity index (χ2n) is 6.24. The van der Waals surface area contributed by atoms with E-state index in [1.807, 2.05) is 0 Å². The van der Waals surface area contributed by atoms with Crippen LogP contribution in [-0.2, 0) is 0 Å². The van der Waals surface area contributed by atoms with Crippen LogP contribution in [0.3, 0.4) is 0 Å². The van der Waals surface area contributed by atoms with E-state index in [0.717, 1.165) is 12.0 Å². The molecule has 100 valence electrons. The maximum atomic E-state index is 2.68. The Hall–Kier alpha value is -0.120. The first kappa shape index (κ1) is 13.3. The van der Waals surface area contributed by atoms with Crippen LogP contribution in [0.1, 0.15) is 25.7 Å². The summed E-state index contributed by atoms with van der Waals surface area (Å²) in [6.07, 6.45) is 5.70. The molecule has 1 heterocycles. The van der Waals surface area contributed by atoms with Crippen molar-refractivity contribution in [3.05, 3.63) is 0 Å². The zero-order valence-electron chi connectivity index (χ0n) is 11.9. The standard InChI is InChI=1S/C14H29N3/c1-15(2)14-6-4-13(5-7-14)12-17-10-8-16(3)9-11-17/h13-14H,4-12H2,1-3H3/t13-,14-. The molecule has 0 aromatic carbocycles. The quantitative estimate of drug-likeness (QED) is 0.736. The lowest BCUT2D eigenvalue weighted by Crippen LogP contribution is -2.46. The van der Waals surface area contributed by atoms with Crippen molar-refractivity contribution in [1.82, 2.24) is 14.7 Å². The minimum atomic E-state index is 0.846. The number of likely N-dealkylation sites (N-methyl/N-ethyl adjacent to an activating group) is 1. The lowest BCUT2D eigenvalue weighted by Gasteiger charge is -2.38. The second kappa shape index (κ2) is 6.17. The number of piperazine rings is 1. The van der Waals surface area contributed by atoms with Crippen molar-refractivity contribution in [3.8, 4) is 0 Å². The Balaban J connectivity index is 1.67. The molecule has 0 bridgehead atoms. The average molecular weight is 239 g/mol. The SMILES string of the molecule is CN1CCN(C[C@H]2CC[C@H](N(C)C)CC2)CC1. The van der Waals surface area contributed by atoms with Gasteiger partial charge in [-0.25, -0.2) is 0 Å². The van der Waals surface area contributed by atoms with Crippen molar-refractivity contribution >= 4 is 0 Å². The largest absolute Gasteiger partial charge is 0.306 e. The van der Waals surface area contributed by atoms with Crippen LogP contribution in [0.5, 0.6) is 0 Å². The Morgan fingerprint density at radius 1 is 0.941 bits per heavy atom. The normalized spacial score (nSPS) is 33.2. The molecule has 0 radical (unpaired) electrons. The summed E-state index contributed by atoms with van der Waals surface area (Å²) in [5.74, 6) is 0.967. The van der Waals surface area contributed by atoms with Crippen molar-refractivity contribution in [2.45, 2.75) is 31.7 Å². The Kier molecular flexibility index (Phi) is 4.83. The molecule has 0 spiro atoms. The highest BCUT2D eigenvalue weighted by atomic mass is 15.2. The fourth-order valence-corrected chi connectivity index (χ4v) is 3.24. The monoisotopic (exact) mass is 239 g/mol. The summed E-state index contributed by atoms with van der Waals surface area (Å²) in [6.45, 7) is 6.43. The predicted molar refractivity (Wildman–Crippen MR) is 73.4 cm³/mol. The minimum absolute atomic E-state index is 0.846. The van der Waals surface area contributed by atoms with Crippen LogP contribution in [0.2, 0.25) is 0 Å². The molecule has 17 heavy (non-hydrogen) atoms. The van der Waals surface area contributed by atoms with E-state index in [9.17, 15) is 0 Å². The molecule has 0 aromatic rings. The molecule has 1 saturated heterocycles. The van der Waals surface area contributed by atoms with Gasteiger partial charge in [-0.15, -0.1) is 0 Å². The van der Waals surface area contributed by atoms with Gasteiger partial charge in [0.1, 0.15) is 0 Å². The van der Waals surface area contributed by atoms with Gasteiger partial charge in [0.2, 0.25) is 0 Å². The van der Waals surface area contributed by atoms with E-state index in [4.69, 9.17) is 0 Å². The summed E-state index contributed by atoms with van der Waals surface area (Å²) in [5.41, 5.74) is 0. The minimum Gasteiger partial charge on any atom is -0.306 e. The molecule has 3 nitrogen and oxygen atoms in total. The van der Waals surface area contributed by atoms with E-state index in [1.54, 1.807) is 0 Å². The first-order valence-electron chi connectivity index (χ1n) is 7.22. The van der Waals surface area contributed by atoms with Crippen LogP contribution >= 0.6 is 0 Å². The molecule has 1 aliphatic heterocycles. The Labute approximate surface area is 107 Å². The zero-order chi connectivity index (χ0) is 12.3. The zero-order valence-corrected chi connectivity index (χ0v) is 11.9. The summed E-state index contributed by atoms with van der Waals surface area (Å²) in [6, 6.07) is 0.846. The van der Waals surface area contributed by atoms with E-state index in [1.165, 1.54) is 58.4 Å². The van der Waals surface area contributed by atoms with E-state index < -0.39 is 0 Å². The Morgan fingerprint density at radius 2 is 1.53 bits per heavy atom. The fraction of sp³-hybridized carbons (Fsp3) is 1.00. The smallest absolute Gasteiger partial charge is 0.0110 e. The molecule has 0 unspecified atom stereocenters. The van der Waals surface area contributed by atoms with Crippen molar-refractivity contribution in [1.29, 1.82) is 0 Å². The van der Waals surface area contributed by atoms with Crippen LogP contribution < -0.4 is 0 Å². The molecular formula is C14H29N3. The summed E-state index contributed by atoms with van der Waals surface area (Å²) in [5, 5.41) is 0. The summed E-state index contributed by atoms with van der Waals surface area (Å²) in [7, 11) is 6.69. The first-order chi connectivity index (χ1) is 8.15. The molecule has 2 fully saturated rings. The summed E-state index contributed by atoms with van der Waals surface area (Å²) in [4.78, 5) is 7.53. The highest BCUT2D eigenvalue weighted by Gasteiger charge is 2.24. The van der Waals surface area contributed by atoms with Gasteiger partial charge in [0.25, 0.3) is 0 Å². The van der Waals surface area contributed by atoms with Gasteiger partial charge < -0.3 is 14.7 Å². The lowest BCUT2D eigenvalue weighted by molar-refractivity contribution is 0.111. The van der Waals surface area contributed by atoms with E-state index in [0.29, 0.717) is 0 Å². The van der Waals surface area contributed by atoms with Crippen molar-refractivity contribution in [3.63, 3.8) is 0 Å². The number of nitrogens with zero attached hydrogens (tertiary/aromatic N) is 3. The molecule has 0 aromatic heterocycles. The molecule has 0 N–H and O–H groups in total. The molecule has 1 aliphatic carbocycles. The molecule has 0 atom stereocenters. The van der Waals surface area contributed by atoms with Gasteiger partial charge in [0.15, 0.2) is 0 Å². The van der Waals surface area contributed by atoms with Crippen molar-refractivity contribution in [2.75, 3.05) is 53.9 Å². The van der Waals surface area contributed by atoms with Gasteiger partial charge in [-0.2, -0.15) is 0 Å². The van der Waals surface area contributed by atoms with Gasteiger partial charge in [0, 0.05) is 38.8 Å². The second-order valence-corrected chi connectivity index (χ2v) is 6.24. The lowest BCUT2D eigenvalue weighted by atomic mass is 9.85. The third-order valence-electron chi connectivity index (χ3n) is 4.66. The third-order valence-corrected chi connectivity index (χ3v) is 4.66. The van der Waals surface area contributed by atoms with E-state index in [2.05, 4.69) is 35.8 Å². The molecule has 2 rings (SSSR count). The predicted octanol–water partition coefficient (Wildman–Crippen LogP) is 1.35. The maximum absolute atomic E-state index is 2.68. The first-order valence-corrected chi connectivity index (χ1v) is 7.22. The summed E-state index contributed by atoms with van der Waals surface area (Å²) < 4.78 is 0. The summed E-state index contributed by atoms with van der Waals surface area (Å²) >= 11 is 0. The van der Waals surface area contributed by atoms with E-state index >= 15 is 0 Å². The molecule has 0 amide bonds. The number of hydrogen-bond donors (Lipinski definition) is 0. The average Bonchev–Trinajstić information content (AvgIpc) is 2.33. The van der Waals surface area contributed by atoms with Gasteiger partial charge in [-0.3, -0.25) is 0 Å². The van der Waals surface area contributed by atoms with Gasteiger partial charge in [0.05, 0.1) is 0 Å². The molecule has 2 aliphatic rings. The maximum Gasteiger partial charge on any atom is 0.0110 e. The van der Waals surface area contributed by atoms with Crippen LogP contribution in [0, 0.1) is 5.92 Å². The van der Waals surface area contributed by atoms with Crippen LogP contribution in [0.4, 0.5) is 0 Å². The number of hydrogen-bond acceptors (Lipinski definition) is 3. The molecule has 3 heteroatoms. The van der Waals surface area contributed by atoms with Gasteiger partial charge in [-0.05, 0) is 52.7 Å². The van der Waals surface area contributed by atoms with Gasteiger partial charge in [-0.1, -0.05) is 0 Å². The van der Waals surface area contributed by atoms with Crippen LogP contribution in [0.15, 0.2) is 0 Å². The highest BCUT2D eigenvalue weighted by molar-refractivity contribution is 4.80. The van der Waals surface area contributed by atoms with Crippen molar-refractivity contribution in [2.24, 2.45) is 5.92 Å². The highest BCUT2D eigenvalue weighted by Crippen LogP contribution is 2.27. The molecular weight excluding hydrogens is 210 g/mol. The number of rotatable bonds is 3.